The number of imide groups is 1. The summed E-state index contributed by atoms with van der Waals surface area (Å²) < 4.78 is 39.7. The Kier molecular flexibility index (Phi) is 6.09. The molecule has 0 radical (unpaired) electrons. The summed E-state index contributed by atoms with van der Waals surface area (Å²) in [6.45, 7) is 2.94. The maximum atomic E-state index is 13.3. The van der Waals surface area contributed by atoms with Crippen LogP contribution in [0.5, 0.6) is 0 Å². The minimum atomic E-state index is -3.76. The lowest BCUT2D eigenvalue weighted by Gasteiger charge is -2.34. The van der Waals surface area contributed by atoms with Crippen molar-refractivity contribution < 1.29 is 27.3 Å². The quantitative estimate of drug-likeness (QED) is 0.602. The molecule has 0 aromatic heterocycles. The summed E-state index contributed by atoms with van der Waals surface area (Å²) in [5, 5.41) is 4.52. The van der Waals surface area contributed by atoms with Gasteiger partial charge in [-0.25, -0.2) is 17.6 Å². The molecule has 0 saturated carbocycles. The number of nitrogens with one attached hydrogen (secondary N) is 3. The van der Waals surface area contributed by atoms with E-state index in [2.05, 4.69) is 10.6 Å². The lowest BCUT2D eigenvalue weighted by molar-refractivity contribution is -0.917. The number of benzene rings is 1. The number of piperazine rings is 1. The van der Waals surface area contributed by atoms with Gasteiger partial charge in [0, 0.05) is 7.05 Å². The second kappa shape index (κ2) is 7.89. The van der Waals surface area contributed by atoms with Crippen molar-refractivity contribution in [3.05, 3.63) is 30.1 Å². The fraction of sp³-hybridized carbons (Fsp3) is 0.467. The number of quaternary nitrogens is 1. The number of carbonyl (C=O) groups is 2. The van der Waals surface area contributed by atoms with Gasteiger partial charge in [-0.1, -0.05) is 6.07 Å². The van der Waals surface area contributed by atoms with E-state index in [9.17, 15) is 22.4 Å². The smallest absolute Gasteiger partial charge is 0.321 e. The molecular weight excluding hydrogens is 351 g/mol. The normalized spacial score (nSPS) is 17.7. The van der Waals surface area contributed by atoms with E-state index in [4.69, 9.17) is 0 Å². The van der Waals surface area contributed by atoms with Crippen LogP contribution in [0.4, 0.5) is 9.18 Å². The van der Waals surface area contributed by atoms with E-state index >= 15 is 0 Å². The average Bonchev–Trinajstić information content (AvgIpc) is 2.61. The first-order chi connectivity index (χ1) is 11.8. The van der Waals surface area contributed by atoms with E-state index in [-0.39, 0.29) is 18.0 Å². The molecule has 1 aromatic rings. The van der Waals surface area contributed by atoms with Gasteiger partial charge in [-0.05, 0) is 25.1 Å². The number of hydrogen-bond donors (Lipinski definition) is 3. The van der Waals surface area contributed by atoms with Crippen molar-refractivity contribution in [2.24, 2.45) is 0 Å². The first-order valence-electron chi connectivity index (χ1n) is 7.88. The molecule has 1 aliphatic rings. The SMILES string of the molecule is CNC(=O)NC(=O)[C@H](C)[NH+]1CCN(S(=O)(=O)c2cccc(F)c2)CC1. The van der Waals surface area contributed by atoms with Gasteiger partial charge in [-0.15, -0.1) is 0 Å². The van der Waals surface area contributed by atoms with Crippen molar-refractivity contribution in [1.82, 2.24) is 14.9 Å². The number of urea groups is 1. The number of rotatable bonds is 4. The standard InChI is InChI=1S/C15H21FN4O4S/c1-11(14(21)18-15(22)17-2)19-6-8-20(9-7-19)25(23,24)13-5-3-4-12(16)10-13/h3-5,10-11H,6-9H2,1-2H3,(H2,17,18,21,22)/p+1/t11-/m0/s1. The van der Waals surface area contributed by atoms with Crippen molar-refractivity contribution in [2.45, 2.75) is 17.9 Å². The van der Waals surface area contributed by atoms with Crippen LogP contribution in [0.2, 0.25) is 0 Å². The molecule has 1 heterocycles. The van der Waals surface area contributed by atoms with E-state index in [1.54, 1.807) is 6.92 Å². The third kappa shape index (κ3) is 4.53. The Morgan fingerprint density at radius 2 is 1.92 bits per heavy atom. The van der Waals surface area contributed by atoms with Crippen molar-refractivity contribution >= 4 is 22.0 Å². The van der Waals surface area contributed by atoms with Gasteiger partial charge >= 0.3 is 6.03 Å². The maximum absolute atomic E-state index is 13.3. The number of sulfonamides is 1. The number of halogens is 1. The zero-order chi connectivity index (χ0) is 18.6. The molecule has 8 nitrogen and oxygen atoms in total. The molecule has 1 fully saturated rings. The summed E-state index contributed by atoms with van der Waals surface area (Å²) in [7, 11) is -2.35. The lowest BCUT2D eigenvalue weighted by Crippen LogP contribution is -3.19. The van der Waals surface area contributed by atoms with E-state index in [0.717, 1.165) is 11.0 Å². The van der Waals surface area contributed by atoms with E-state index in [1.165, 1.54) is 29.6 Å². The van der Waals surface area contributed by atoms with Gasteiger partial charge in [-0.2, -0.15) is 4.31 Å². The molecule has 1 aliphatic heterocycles. The van der Waals surface area contributed by atoms with Crippen molar-refractivity contribution in [3.8, 4) is 0 Å². The van der Waals surface area contributed by atoms with E-state index in [1.807, 2.05) is 0 Å². The van der Waals surface area contributed by atoms with Crippen LogP contribution in [0, 0.1) is 5.82 Å². The molecule has 25 heavy (non-hydrogen) atoms. The molecule has 0 bridgehead atoms. The molecule has 3 amide bonds. The summed E-state index contributed by atoms with van der Waals surface area (Å²) in [5.41, 5.74) is 0. The number of nitrogens with zero attached hydrogens (tertiary/aromatic N) is 1. The van der Waals surface area contributed by atoms with Crippen molar-refractivity contribution in [2.75, 3.05) is 33.2 Å². The summed E-state index contributed by atoms with van der Waals surface area (Å²) in [6, 6.07) is 3.83. The number of hydrogen-bond acceptors (Lipinski definition) is 4. The van der Waals surface area contributed by atoms with Gasteiger partial charge < -0.3 is 10.2 Å². The third-order valence-corrected chi connectivity index (χ3v) is 6.16. The zero-order valence-electron chi connectivity index (χ0n) is 14.1. The predicted molar refractivity (Wildman–Crippen MR) is 87.9 cm³/mol. The highest BCUT2D eigenvalue weighted by atomic mass is 32.2. The highest BCUT2D eigenvalue weighted by Gasteiger charge is 2.34. The molecule has 0 aliphatic carbocycles. The van der Waals surface area contributed by atoms with Crippen LogP contribution in [0.3, 0.4) is 0 Å². The molecule has 1 saturated heterocycles. The average molecular weight is 373 g/mol. The molecule has 138 valence electrons. The van der Waals surface area contributed by atoms with Gasteiger partial charge in [0.2, 0.25) is 10.0 Å². The van der Waals surface area contributed by atoms with Gasteiger partial charge in [0.05, 0.1) is 31.1 Å². The van der Waals surface area contributed by atoms with Crippen molar-refractivity contribution in [1.29, 1.82) is 0 Å². The van der Waals surface area contributed by atoms with E-state index < -0.39 is 33.8 Å². The molecule has 0 unspecified atom stereocenters. The summed E-state index contributed by atoms with van der Waals surface area (Å²) in [6.07, 6.45) is 0. The highest BCUT2D eigenvalue weighted by molar-refractivity contribution is 7.89. The summed E-state index contributed by atoms with van der Waals surface area (Å²) in [4.78, 5) is 24.0. The van der Waals surface area contributed by atoms with Crippen LogP contribution in [0.1, 0.15) is 6.92 Å². The van der Waals surface area contributed by atoms with Crippen LogP contribution in [-0.4, -0.2) is 63.9 Å². The Morgan fingerprint density at radius 1 is 1.28 bits per heavy atom. The fourth-order valence-corrected chi connectivity index (χ4v) is 4.16. The van der Waals surface area contributed by atoms with Crippen molar-refractivity contribution in [3.63, 3.8) is 0 Å². The van der Waals surface area contributed by atoms with Crippen LogP contribution in [0.25, 0.3) is 0 Å². The lowest BCUT2D eigenvalue weighted by atomic mass is 10.2. The molecular formula is C15H22FN4O4S+. The van der Waals surface area contributed by atoms with Gasteiger partial charge in [0.1, 0.15) is 5.82 Å². The third-order valence-electron chi connectivity index (χ3n) is 4.27. The van der Waals surface area contributed by atoms with Gasteiger partial charge in [0.15, 0.2) is 6.04 Å². The Morgan fingerprint density at radius 3 is 2.48 bits per heavy atom. The first kappa shape index (κ1) is 19.3. The maximum Gasteiger partial charge on any atom is 0.321 e. The largest absolute Gasteiger partial charge is 0.341 e. The molecule has 1 aromatic carbocycles. The molecule has 1 atom stereocenters. The second-order valence-electron chi connectivity index (χ2n) is 5.81. The molecule has 10 heteroatoms. The minimum absolute atomic E-state index is 0.0821. The predicted octanol–water partition coefficient (Wildman–Crippen LogP) is -1.44. The number of amides is 3. The van der Waals surface area contributed by atoms with Crippen LogP contribution >= 0.6 is 0 Å². The Bertz CT molecular complexity index is 748. The van der Waals surface area contributed by atoms with Crippen LogP contribution in [-0.2, 0) is 14.8 Å². The number of carbonyl (C=O) groups excluding carboxylic acids is 2. The fourth-order valence-electron chi connectivity index (χ4n) is 2.69. The molecule has 0 spiro atoms. The summed E-state index contributed by atoms with van der Waals surface area (Å²) in [5.74, 6) is -1.03. The van der Waals surface area contributed by atoms with Gasteiger partial charge in [0.25, 0.3) is 5.91 Å². The molecule has 2 rings (SSSR count). The Balaban J connectivity index is 1.99. The topological polar surface area (TPSA) is 100 Å². The van der Waals surface area contributed by atoms with Crippen LogP contribution < -0.4 is 15.5 Å². The van der Waals surface area contributed by atoms with E-state index in [0.29, 0.717) is 13.1 Å². The Labute approximate surface area is 146 Å². The zero-order valence-corrected chi connectivity index (χ0v) is 14.9. The minimum Gasteiger partial charge on any atom is -0.341 e. The summed E-state index contributed by atoms with van der Waals surface area (Å²) >= 11 is 0. The molecule has 3 N–H and O–H groups in total. The van der Waals surface area contributed by atoms with Gasteiger partial charge in [-0.3, -0.25) is 10.1 Å². The van der Waals surface area contributed by atoms with Crippen LogP contribution in [0.15, 0.2) is 29.2 Å². The monoisotopic (exact) mass is 373 g/mol. The Hall–Kier alpha value is -2.04. The highest BCUT2D eigenvalue weighted by Crippen LogP contribution is 2.16. The first-order valence-corrected chi connectivity index (χ1v) is 9.32. The second-order valence-corrected chi connectivity index (χ2v) is 7.75.